The molecule has 0 saturated carbocycles. The Hall–Kier alpha value is -3.49. The second kappa shape index (κ2) is 10.4. The number of amides is 2. The molecule has 0 fully saturated rings. The monoisotopic (exact) mass is 492 g/mol. The van der Waals surface area contributed by atoms with Gasteiger partial charge in [0.05, 0.1) is 15.6 Å². The smallest absolute Gasteiger partial charge is 0.326 e. The normalized spacial score (nSPS) is 11.5. The summed E-state index contributed by atoms with van der Waals surface area (Å²) in [5, 5.41) is 14.6. The largest absolute Gasteiger partial charge is 0.480 e. The highest BCUT2D eigenvalue weighted by molar-refractivity contribution is 6.40. The summed E-state index contributed by atoms with van der Waals surface area (Å²) in [5.41, 5.74) is 0.133. The van der Waals surface area contributed by atoms with E-state index in [4.69, 9.17) is 23.2 Å². The molecule has 0 unspecified atom stereocenters. The number of nitrogens with one attached hydrogen (secondary N) is 2. The first-order valence-electron chi connectivity index (χ1n) is 9.49. The Bertz CT molecular complexity index is 1180. The van der Waals surface area contributed by atoms with Gasteiger partial charge in [0.1, 0.15) is 23.2 Å². The van der Waals surface area contributed by atoms with Gasteiger partial charge in [0.15, 0.2) is 0 Å². The SMILES string of the molecule is O=C(N[C@@H](Cc1ccc(NC(=O)c2c(Cl)cccc2Cl)cc1)C(=O)O)c1c(F)cccc1F. The van der Waals surface area contributed by atoms with E-state index < -0.39 is 41.0 Å². The fourth-order valence-corrected chi connectivity index (χ4v) is 3.58. The molecule has 0 aliphatic carbocycles. The fraction of sp³-hybridized carbons (Fsp3) is 0.0870. The summed E-state index contributed by atoms with van der Waals surface area (Å²) in [5.74, 6) is -5.30. The van der Waals surface area contributed by atoms with Crippen molar-refractivity contribution in [3.63, 3.8) is 0 Å². The van der Waals surface area contributed by atoms with Crippen LogP contribution in [0.4, 0.5) is 14.5 Å². The van der Waals surface area contributed by atoms with Gasteiger partial charge in [-0.2, -0.15) is 0 Å². The molecule has 0 aliphatic heterocycles. The van der Waals surface area contributed by atoms with Crippen LogP contribution in [-0.4, -0.2) is 28.9 Å². The standard InChI is InChI=1S/C23H16Cl2F2N2O4/c24-14-3-1-4-15(25)19(14)21(30)28-13-9-7-12(8-10-13)11-18(23(32)33)29-22(31)20-16(26)5-2-6-17(20)27/h1-10,18H,11H2,(H,28,30)(H,29,31)(H,32,33)/t18-/m0/s1. The van der Waals surface area contributed by atoms with Crippen LogP contribution < -0.4 is 10.6 Å². The third-order valence-electron chi connectivity index (χ3n) is 4.63. The van der Waals surface area contributed by atoms with Gasteiger partial charge in [0.2, 0.25) is 0 Å². The molecule has 3 N–H and O–H groups in total. The summed E-state index contributed by atoms with van der Waals surface area (Å²) in [6.07, 6.45) is -0.165. The lowest BCUT2D eigenvalue weighted by atomic mass is 10.0. The summed E-state index contributed by atoms with van der Waals surface area (Å²) in [6.45, 7) is 0. The molecule has 0 radical (unpaired) electrons. The minimum atomic E-state index is -1.45. The van der Waals surface area contributed by atoms with Crippen molar-refractivity contribution in [1.82, 2.24) is 5.32 Å². The predicted molar refractivity (Wildman–Crippen MR) is 120 cm³/mol. The number of rotatable bonds is 7. The van der Waals surface area contributed by atoms with Crippen molar-refractivity contribution in [2.24, 2.45) is 0 Å². The molecule has 33 heavy (non-hydrogen) atoms. The van der Waals surface area contributed by atoms with Crippen LogP contribution >= 0.6 is 23.2 Å². The number of carboxylic acids is 1. The number of aliphatic carboxylic acids is 1. The molecule has 3 rings (SSSR count). The number of anilines is 1. The lowest BCUT2D eigenvalue weighted by Gasteiger charge is -2.16. The highest BCUT2D eigenvalue weighted by Crippen LogP contribution is 2.25. The zero-order valence-corrected chi connectivity index (χ0v) is 18.3. The maximum absolute atomic E-state index is 13.8. The molecule has 3 aromatic carbocycles. The Labute approximate surface area is 197 Å². The number of carbonyl (C=O) groups is 3. The van der Waals surface area contributed by atoms with Gasteiger partial charge in [0.25, 0.3) is 11.8 Å². The quantitative estimate of drug-likeness (QED) is 0.434. The van der Waals surface area contributed by atoms with E-state index in [2.05, 4.69) is 10.6 Å². The average molecular weight is 493 g/mol. The Morgan fingerprint density at radius 1 is 0.818 bits per heavy atom. The first-order chi connectivity index (χ1) is 15.7. The minimum absolute atomic E-state index is 0.110. The van der Waals surface area contributed by atoms with Crippen molar-refractivity contribution < 1.29 is 28.3 Å². The van der Waals surface area contributed by atoms with E-state index in [0.717, 1.165) is 18.2 Å². The van der Waals surface area contributed by atoms with Crippen molar-refractivity contribution in [1.29, 1.82) is 0 Å². The topological polar surface area (TPSA) is 95.5 Å². The first kappa shape index (κ1) is 24.2. The van der Waals surface area contributed by atoms with Gasteiger partial charge in [-0.25, -0.2) is 13.6 Å². The molecule has 10 heteroatoms. The molecule has 1 atom stereocenters. The number of halogens is 4. The van der Waals surface area contributed by atoms with Gasteiger partial charge in [-0.05, 0) is 42.0 Å². The molecule has 0 aliphatic rings. The third-order valence-corrected chi connectivity index (χ3v) is 5.26. The molecule has 6 nitrogen and oxygen atoms in total. The van der Waals surface area contributed by atoms with Crippen LogP contribution in [0.3, 0.4) is 0 Å². The van der Waals surface area contributed by atoms with Gasteiger partial charge in [0, 0.05) is 12.1 Å². The zero-order chi connectivity index (χ0) is 24.1. The van der Waals surface area contributed by atoms with Crippen LogP contribution in [0.1, 0.15) is 26.3 Å². The molecule has 0 saturated heterocycles. The first-order valence-corrected chi connectivity index (χ1v) is 10.2. The van der Waals surface area contributed by atoms with E-state index >= 15 is 0 Å². The van der Waals surface area contributed by atoms with Gasteiger partial charge in [-0.1, -0.05) is 47.5 Å². The summed E-state index contributed by atoms with van der Waals surface area (Å²) >= 11 is 12.1. The molecule has 0 aromatic heterocycles. The maximum Gasteiger partial charge on any atom is 0.326 e. The number of hydrogen-bond donors (Lipinski definition) is 3. The van der Waals surface area contributed by atoms with E-state index in [1.807, 2.05) is 0 Å². The fourth-order valence-electron chi connectivity index (χ4n) is 3.01. The van der Waals surface area contributed by atoms with Crippen molar-refractivity contribution in [3.8, 4) is 0 Å². The molecule has 170 valence electrons. The Morgan fingerprint density at radius 2 is 1.36 bits per heavy atom. The van der Waals surface area contributed by atoms with Gasteiger partial charge >= 0.3 is 5.97 Å². The maximum atomic E-state index is 13.8. The Kier molecular flexibility index (Phi) is 7.63. The minimum Gasteiger partial charge on any atom is -0.480 e. The highest BCUT2D eigenvalue weighted by Gasteiger charge is 2.25. The lowest BCUT2D eigenvalue weighted by molar-refractivity contribution is -0.139. The summed E-state index contributed by atoms with van der Waals surface area (Å²) in [6, 6.07) is 12.2. The van der Waals surface area contributed by atoms with Gasteiger partial charge in [-0.15, -0.1) is 0 Å². The molecular formula is C23H16Cl2F2N2O4. The van der Waals surface area contributed by atoms with E-state index in [9.17, 15) is 28.3 Å². The molecule has 0 bridgehead atoms. The van der Waals surface area contributed by atoms with Crippen molar-refractivity contribution in [3.05, 3.63) is 99.0 Å². The van der Waals surface area contributed by atoms with Crippen LogP contribution in [-0.2, 0) is 11.2 Å². The van der Waals surface area contributed by atoms with Crippen LogP contribution in [0.2, 0.25) is 10.0 Å². The lowest BCUT2D eigenvalue weighted by Crippen LogP contribution is -2.42. The third kappa shape index (κ3) is 5.85. The number of carbonyl (C=O) groups excluding carboxylic acids is 2. The number of benzene rings is 3. The van der Waals surface area contributed by atoms with Crippen LogP contribution in [0.15, 0.2) is 60.7 Å². The zero-order valence-electron chi connectivity index (χ0n) is 16.7. The second-order valence-corrected chi connectivity index (χ2v) is 7.73. The number of hydrogen-bond acceptors (Lipinski definition) is 3. The van der Waals surface area contributed by atoms with E-state index in [1.165, 1.54) is 36.4 Å². The molecule has 2 amide bonds. The predicted octanol–water partition coefficient (Wildman–Crippen LogP) is 4.95. The van der Waals surface area contributed by atoms with Crippen molar-refractivity contribution in [2.75, 3.05) is 5.32 Å². The molecule has 3 aromatic rings. The Morgan fingerprint density at radius 3 is 1.91 bits per heavy atom. The summed E-state index contributed by atoms with van der Waals surface area (Å²) < 4.78 is 27.6. The second-order valence-electron chi connectivity index (χ2n) is 6.91. The molecule has 0 heterocycles. The van der Waals surface area contributed by atoms with E-state index in [1.54, 1.807) is 6.07 Å². The molecular weight excluding hydrogens is 477 g/mol. The average Bonchev–Trinajstić information content (AvgIpc) is 2.74. The van der Waals surface area contributed by atoms with Crippen LogP contribution in [0.5, 0.6) is 0 Å². The number of carboxylic acid groups (broad SMARTS) is 1. The van der Waals surface area contributed by atoms with Gasteiger partial charge in [-0.3, -0.25) is 9.59 Å². The highest BCUT2D eigenvalue weighted by atomic mass is 35.5. The van der Waals surface area contributed by atoms with Gasteiger partial charge < -0.3 is 15.7 Å². The van der Waals surface area contributed by atoms with Crippen molar-refractivity contribution in [2.45, 2.75) is 12.5 Å². The molecule has 0 spiro atoms. The van der Waals surface area contributed by atoms with Crippen molar-refractivity contribution >= 4 is 46.7 Å². The van der Waals surface area contributed by atoms with E-state index in [-0.39, 0.29) is 22.0 Å². The van der Waals surface area contributed by atoms with Crippen LogP contribution in [0.25, 0.3) is 0 Å². The summed E-state index contributed by atoms with van der Waals surface area (Å²) in [7, 11) is 0. The van der Waals surface area contributed by atoms with Crippen LogP contribution in [0, 0.1) is 11.6 Å². The van der Waals surface area contributed by atoms with E-state index in [0.29, 0.717) is 11.3 Å². The summed E-state index contributed by atoms with van der Waals surface area (Å²) in [4.78, 5) is 36.3. The Balaban J connectivity index is 1.70.